The van der Waals surface area contributed by atoms with Crippen molar-refractivity contribution >= 4 is 23.2 Å². The van der Waals surface area contributed by atoms with Gasteiger partial charge in [-0.25, -0.2) is 4.98 Å². The molecule has 2 heterocycles. The maximum atomic E-state index is 12.3. The van der Waals surface area contributed by atoms with Crippen LogP contribution < -0.4 is 5.32 Å². The number of likely N-dealkylation sites (tertiary alicyclic amines) is 1. The minimum atomic E-state index is -0.119. The van der Waals surface area contributed by atoms with Crippen molar-refractivity contribution in [2.75, 3.05) is 26.8 Å². The van der Waals surface area contributed by atoms with Crippen molar-refractivity contribution in [2.45, 2.75) is 38.1 Å². The van der Waals surface area contributed by atoms with Crippen LogP contribution >= 0.6 is 11.3 Å². The zero-order valence-corrected chi connectivity index (χ0v) is 14.2. The van der Waals surface area contributed by atoms with Gasteiger partial charge < -0.3 is 15.0 Å². The number of fused-ring (bicyclic) bond motifs is 1. The van der Waals surface area contributed by atoms with E-state index in [2.05, 4.69) is 10.3 Å². The van der Waals surface area contributed by atoms with E-state index < -0.39 is 0 Å². The molecule has 0 spiro atoms. The van der Waals surface area contributed by atoms with E-state index in [1.165, 1.54) is 11.3 Å². The molecule has 1 saturated carbocycles. The number of nitrogens with zero attached hydrogens (tertiary/aromatic N) is 2. The highest BCUT2D eigenvalue weighted by Gasteiger charge is 2.50. The maximum absolute atomic E-state index is 12.3. The third-order valence-electron chi connectivity index (χ3n) is 5.19. The molecule has 0 aromatic carbocycles. The maximum Gasteiger partial charge on any atom is 0.270 e. The summed E-state index contributed by atoms with van der Waals surface area (Å²) < 4.78 is 5.15. The molecule has 0 unspecified atom stereocenters. The average molecular weight is 337 g/mol. The van der Waals surface area contributed by atoms with Gasteiger partial charge in [0.25, 0.3) is 5.91 Å². The van der Waals surface area contributed by atoms with Crippen LogP contribution in [0.5, 0.6) is 0 Å². The van der Waals surface area contributed by atoms with Gasteiger partial charge in [-0.15, -0.1) is 11.3 Å². The van der Waals surface area contributed by atoms with Crippen molar-refractivity contribution in [2.24, 2.45) is 5.41 Å². The molecular formula is C16H23N3O3S. The largest absolute Gasteiger partial charge is 0.383 e. The number of ether oxygens (including phenoxy) is 1. The van der Waals surface area contributed by atoms with E-state index in [1.807, 2.05) is 4.90 Å². The summed E-state index contributed by atoms with van der Waals surface area (Å²) in [6.45, 7) is 1.82. The highest BCUT2D eigenvalue weighted by atomic mass is 32.1. The summed E-state index contributed by atoms with van der Waals surface area (Å²) >= 11 is 1.42. The van der Waals surface area contributed by atoms with Gasteiger partial charge in [-0.1, -0.05) is 6.42 Å². The molecule has 3 rings (SSSR count). The minimum absolute atomic E-state index is 0.00727. The first-order valence-corrected chi connectivity index (χ1v) is 9.05. The highest BCUT2D eigenvalue weighted by Crippen LogP contribution is 2.47. The van der Waals surface area contributed by atoms with Crippen molar-refractivity contribution in [1.29, 1.82) is 0 Å². The van der Waals surface area contributed by atoms with Crippen molar-refractivity contribution in [3.8, 4) is 0 Å². The number of nitrogens with one attached hydrogen (secondary N) is 1. The molecule has 1 saturated heterocycles. The van der Waals surface area contributed by atoms with E-state index in [9.17, 15) is 9.59 Å². The van der Waals surface area contributed by atoms with E-state index in [4.69, 9.17) is 4.74 Å². The Morgan fingerprint density at radius 3 is 3.17 bits per heavy atom. The third-order valence-corrected chi connectivity index (χ3v) is 5.78. The molecule has 2 fully saturated rings. The molecule has 1 aromatic rings. The number of carbonyl (C=O) groups is 2. The van der Waals surface area contributed by atoms with Crippen molar-refractivity contribution < 1.29 is 14.3 Å². The van der Waals surface area contributed by atoms with Gasteiger partial charge in [0.1, 0.15) is 5.69 Å². The van der Waals surface area contributed by atoms with E-state index in [1.54, 1.807) is 18.0 Å². The molecule has 1 N–H and O–H groups in total. The first-order chi connectivity index (χ1) is 11.2. The fourth-order valence-corrected chi connectivity index (χ4v) is 4.54. The lowest BCUT2D eigenvalue weighted by molar-refractivity contribution is -0.142. The van der Waals surface area contributed by atoms with Crippen LogP contribution in [0.4, 0.5) is 0 Å². The summed E-state index contributed by atoms with van der Waals surface area (Å²) in [5.41, 5.74) is 2.15. The van der Waals surface area contributed by atoms with Gasteiger partial charge in [0.15, 0.2) is 0 Å². The standard InChI is InChI=1S/C16H23N3O3S/c1-22-8-7-19-13-3-2-5-16(13,6-4-14(19)20)10-17-15(21)12-9-23-11-18-12/h9,11,13H,2-8,10H2,1H3,(H,17,21)/t13-,16+/m1/s1. The lowest BCUT2D eigenvalue weighted by Crippen LogP contribution is -2.56. The third kappa shape index (κ3) is 3.26. The first-order valence-electron chi connectivity index (χ1n) is 8.11. The molecule has 2 atom stereocenters. The zero-order valence-electron chi connectivity index (χ0n) is 13.4. The summed E-state index contributed by atoms with van der Waals surface area (Å²) in [7, 11) is 1.66. The van der Waals surface area contributed by atoms with Gasteiger partial charge in [-0.2, -0.15) is 0 Å². The molecule has 1 aromatic heterocycles. The van der Waals surface area contributed by atoms with Crippen LogP contribution in [0, 0.1) is 5.41 Å². The molecule has 2 amide bonds. The Labute approximate surface area is 140 Å². The van der Waals surface area contributed by atoms with Crippen LogP contribution in [0.25, 0.3) is 0 Å². The normalized spacial score (nSPS) is 27.1. The number of hydrogen-bond acceptors (Lipinski definition) is 5. The van der Waals surface area contributed by atoms with Crippen LogP contribution in [-0.4, -0.2) is 54.5 Å². The second-order valence-corrected chi connectivity index (χ2v) is 7.13. The molecule has 0 radical (unpaired) electrons. The minimum Gasteiger partial charge on any atom is -0.383 e. The number of carbonyl (C=O) groups excluding carboxylic acids is 2. The Morgan fingerprint density at radius 1 is 1.57 bits per heavy atom. The van der Waals surface area contributed by atoms with Gasteiger partial charge in [0.2, 0.25) is 5.91 Å². The van der Waals surface area contributed by atoms with Gasteiger partial charge in [0, 0.05) is 43.5 Å². The topological polar surface area (TPSA) is 71.5 Å². The molecule has 7 heteroatoms. The number of thiazole rings is 1. The SMILES string of the molecule is COCCN1C(=O)CC[C@]2(CNC(=O)c3cscn3)CCC[C@@H]12. The predicted molar refractivity (Wildman–Crippen MR) is 87.3 cm³/mol. The van der Waals surface area contributed by atoms with Gasteiger partial charge in [0.05, 0.1) is 12.1 Å². The molecule has 0 bridgehead atoms. The molecule has 2 aliphatic rings. The van der Waals surface area contributed by atoms with Gasteiger partial charge >= 0.3 is 0 Å². The number of aromatic nitrogens is 1. The lowest BCUT2D eigenvalue weighted by atomic mass is 9.74. The summed E-state index contributed by atoms with van der Waals surface area (Å²) in [5.74, 6) is 0.0991. The second kappa shape index (κ2) is 6.97. The average Bonchev–Trinajstić information content (AvgIpc) is 3.22. The number of amides is 2. The van der Waals surface area contributed by atoms with E-state index in [0.29, 0.717) is 31.8 Å². The van der Waals surface area contributed by atoms with Crippen molar-refractivity contribution in [3.63, 3.8) is 0 Å². The summed E-state index contributed by atoms with van der Waals surface area (Å²) in [4.78, 5) is 30.5. The molecule has 1 aliphatic heterocycles. The Morgan fingerprint density at radius 2 is 2.43 bits per heavy atom. The van der Waals surface area contributed by atoms with Crippen LogP contribution in [0.1, 0.15) is 42.6 Å². The number of rotatable bonds is 6. The highest BCUT2D eigenvalue weighted by molar-refractivity contribution is 7.07. The Hall–Kier alpha value is -1.47. The zero-order chi connectivity index (χ0) is 16.3. The molecular weight excluding hydrogens is 314 g/mol. The fourth-order valence-electron chi connectivity index (χ4n) is 4.01. The second-order valence-electron chi connectivity index (χ2n) is 6.41. The number of methoxy groups -OCH3 is 1. The molecule has 1 aliphatic carbocycles. The van der Waals surface area contributed by atoms with Gasteiger partial charge in [-0.3, -0.25) is 9.59 Å². The smallest absolute Gasteiger partial charge is 0.270 e. The predicted octanol–water partition coefficient (Wildman–Crippen LogP) is 1.68. The summed E-state index contributed by atoms with van der Waals surface area (Å²) in [6, 6.07) is 0.217. The van der Waals surface area contributed by atoms with Crippen molar-refractivity contribution in [1.82, 2.24) is 15.2 Å². The van der Waals surface area contributed by atoms with Crippen LogP contribution in [0.2, 0.25) is 0 Å². The van der Waals surface area contributed by atoms with E-state index >= 15 is 0 Å². The fraction of sp³-hybridized carbons (Fsp3) is 0.688. The number of piperidine rings is 1. The van der Waals surface area contributed by atoms with Crippen LogP contribution in [-0.2, 0) is 9.53 Å². The Balaban J connectivity index is 1.68. The summed E-state index contributed by atoms with van der Waals surface area (Å²) in [5, 5.41) is 4.80. The molecule has 23 heavy (non-hydrogen) atoms. The quantitative estimate of drug-likeness (QED) is 0.857. The molecule has 126 valence electrons. The first kappa shape index (κ1) is 16.4. The monoisotopic (exact) mass is 337 g/mol. The Bertz CT molecular complexity index is 563. The van der Waals surface area contributed by atoms with Crippen molar-refractivity contribution in [3.05, 3.63) is 16.6 Å². The van der Waals surface area contributed by atoms with E-state index in [-0.39, 0.29) is 23.3 Å². The van der Waals surface area contributed by atoms with Crippen LogP contribution in [0.15, 0.2) is 10.9 Å². The summed E-state index contributed by atoms with van der Waals surface area (Å²) in [6.07, 6.45) is 4.60. The van der Waals surface area contributed by atoms with Crippen LogP contribution in [0.3, 0.4) is 0 Å². The Kier molecular flexibility index (Phi) is 4.96. The van der Waals surface area contributed by atoms with Gasteiger partial charge in [-0.05, 0) is 19.3 Å². The number of hydrogen-bond donors (Lipinski definition) is 1. The lowest BCUT2D eigenvalue weighted by Gasteiger charge is -2.46. The van der Waals surface area contributed by atoms with E-state index in [0.717, 1.165) is 25.7 Å². The molecule has 6 nitrogen and oxygen atoms in total.